The van der Waals surface area contributed by atoms with Gasteiger partial charge in [-0.1, -0.05) is 72.0 Å². The summed E-state index contributed by atoms with van der Waals surface area (Å²) in [5.41, 5.74) is 5.45. The molecule has 1 aliphatic heterocycles. The molecule has 0 saturated carbocycles. The van der Waals surface area contributed by atoms with Crippen molar-refractivity contribution >= 4 is 23.9 Å². The lowest BCUT2D eigenvalue weighted by Gasteiger charge is -2.34. The van der Waals surface area contributed by atoms with Crippen molar-refractivity contribution < 1.29 is 29.0 Å². The summed E-state index contributed by atoms with van der Waals surface area (Å²) in [7, 11) is 0. The molecule has 271 valence electrons. The highest BCUT2D eigenvalue weighted by atomic mass is 16.6. The summed E-state index contributed by atoms with van der Waals surface area (Å²) in [6.07, 6.45) is 3.54. The highest BCUT2D eigenvalue weighted by Gasteiger charge is 2.46. The predicted octanol–water partition coefficient (Wildman–Crippen LogP) is 7.57. The fraction of sp³-hybridized carbons (Fsp3) is 0.366. The fourth-order valence-corrected chi connectivity index (χ4v) is 6.75. The first-order valence-corrected chi connectivity index (χ1v) is 17.5. The topological polar surface area (TPSA) is 128 Å². The molecule has 1 amide bonds. The second-order valence-electron chi connectivity index (χ2n) is 15.1. The van der Waals surface area contributed by atoms with E-state index in [1.807, 2.05) is 113 Å². The Hall–Kier alpha value is -5.26. The second kappa shape index (κ2) is 14.0. The standard InChI is InChI=1S/C41H46N5O6/c1-9-50-37(47)33(42-38(48)52-39(2,3)4)22-26-18-20-29(21-19-26)45-36-32-17-13-12-16-31(32)34(23-27-14-10-11-15-30(27)35(36)43-44-45)51-25-28-24-40(5,6)46(49)41(28,7)8/h10-21,23-24,33H,9,22,25H2,1-8H3,(H,42,48)/b27-23?,34-23+,34-31?,35-30?,36-32?. The summed E-state index contributed by atoms with van der Waals surface area (Å²) in [4.78, 5) is 25.4. The zero-order chi connectivity index (χ0) is 37.4. The maximum atomic E-state index is 13.1. The Kier molecular flexibility index (Phi) is 9.87. The highest BCUT2D eigenvalue weighted by molar-refractivity contribution is 5.96. The minimum Gasteiger partial charge on any atom is -0.489 e. The van der Waals surface area contributed by atoms with E-state index in [-0.39, 0.29) is 19.6 Å². The van der Waals surface area contributed by atoms with Crippen LogP contribution in [0.25, 0.3) is 40.0 Å². The minimum atomic E-state index is -0.936. The number of fused-ring (bicyclic) bond motifs is 5. The quantitative estimate of drug-likeness (QED) is 0.140. The van der Waals surface area contributed by atoms with Crippen LogP contribution in [-0.2, 0) is 30.6 Å². The third kappa shape index (κ3) is 7.37. The first-order valence-electron chi connectivity index (χ1n) is 17.5. The van der Waals surface area contributed by atoms with Crippen molar-refractivity contribution in [2.75, 3.05) is 13.2 Å². The van der Waals surface area contributed by atoms with Gasteiger partial charge < -0.3 is 19.5 Å². The third-order valence-electron chi connectivity index (χ3n) is 9.23. The lowest BCUT2D eigenvalue weighted by Crippen LogP contribution is -2.47. The van der Waals surface area contributed by atoms with Gasteiger partial charge in [-0.3, -0.25) is 0 Å². The van der Waals surface area contributed by atoms with Gasteiger partial charge in [0.15, 0.2) is 0 Å². The van der Waals surface area contributed by atoms with E-state index < -0.39 is 34.8 Å². The molecule has 11 heteroatoms. The van der Waals surface area contributed by atoms with E-state index >= 15 is 0 Å². The van der Waals surface area contributed by atoms with E-state index in [0.717, 1.165) is 55.5 Å². The summed E-state index contributed by atoms with van der Waals surface area (Å²) in [5, 5.41) is 26.2. The monoisotopic (exact) mass is 704 g/mol. The molecule has 1 aromatic heterocycles. The molecule has 2 heterocycles. The number of ether oxygens (including phenoxy) is 3. The Bertz CT molecular complexity index is 2040. The van der Waals surface area contributed by atoms with Gasteiger partial charge in [-0.25, -0.2) is 14.3 Å². The number of hydrogen-bond donors (Lipinski definition) is 1. The van der Waals surface area contributed by atoms with E-state index in [1.165, 1.54) is 0 Å². The molecule has 1 N–H and O–H groups in total. The number of nitrogens with zero attached hydrogens (tertiary/aromatic N) is 4. The molecule has 0 fully saturated rings. The lowest BCUT2D eigenvalue weighted by atomic mass is 9.92. The number of carbonyl (C=O) groups is 2. The van der Waals surface area contributed by atoms with E-state index in [4.69, 9.17) is 19.3 Å². The van der Waals surface area contributed by atoms with Crippen molar-refractivity contribution in [1.29, 1.82) is 0 Å². The number of carbonyl (C=O) groups excluding carboxylic acids is 2. The van der Waals surface area contributed by atoms with Gasteiger partial charge in [0.2, 0.25) is 0 Å². The number of rotatable bonds is 9. The maximum absolute atomic E-state index is 13.1. The summed E-state index contributed by atoms with van der Waals surface area (Å²) in [6.45, 7) is 15.1. The van der Waals surface area contributed by atoms with Crippen LogP contribution < -0.4 is 5.32 Å². The number of nitrogens with one attached hydrogen (secondary N) is 1. The molecule has 1 aliphatic carbocycles. The van der Waals surface area contributed by atoms with Gasteiger partial charge in [-0.05, 0) is 90.3 Å². The Morgan fingerprint density at radius 3 is 2.19 bits per heavy atom. The van der Waals surface area contributed by atoms with Crippen molar-refractivity contribution in [3.63, 3.8) is 0 Å². The Labute approximate surface area is 304 Å². The normalized spacial score (nSPS) is 17.6. The van der Waals surface area contributed by atoms with Crippen LogP contribution in [0.1, 0.15) is 72.1 Å². The molecule has 52 heavy (non-hydrogen) atoms. The fourth-order valence-electron chi connectivity index (χ4n) is 6.75. The van der Waals surface area contributed by atoms with Crippen molar-refractivity contribution in [1.82, 2.24) is 25.4 Å². The summed E-state index contributed by atoms with van der Waals surface area (Å²) in [6, 6.07) is 22.6. The van der Waals surface area contributed by atoms with Crippen LogP contribution in [0.3, 0.4) is 0 Å². The van der Waals surface area contributed by atoms with Crippen molar-refractivity contribution in [2.45, 2.75) is 84.5 Å². The molecule has 11 nitrogen and oxygen atoms in total. The Morgan fingerprint density at radius 1 is 0.904 bits per heavy atom. The Morgan fingerprint density at radius 2 is 1.56 bits per heavy atom. The molecule has 0 bridgehead atoms. The molecule has 0 spiro atoms. The van der Waals surface area contributed by atoms with Crippen LogP contribution in [0.15, 0.2) is 84.4 Å². The maximum Gasteiger partial charge on any atom is 0.408 e. The molecule has 6 rings (SSSR count). The predicted molar refractivity (Wildman–Crippen MR) is 198 cm³/mol. The zero-order valence-corrected chi connectivity index (χ0v) is 31.0. The van der Waals surface area contributed by atoms with Crippen molar-refractivity contribution in [3.8, 4) is 28.2 Å². The number of hydroxylamine groups is 2. The van der Waals surface area contributed by atoms with E-state index in [0.29, 0.717) is 5.76 Å². The average molecular weight is 705 g/mol. The molecule has 4 aromatic rings. The largest absolute Gasteiger partial charge is 0.489 e. The van der Waals surface area contributed by atoms with Gasteiger partial charge in [0, 0.05) is 23.1 Å². The summed E-state index contributed by atoms with van der Waals surface area (Å²) < 4.78 is 19.1. The van der Waals surface area contributed by atoms with Gasteiger partial charge in [0.25, 0.3) is 0 Å². The van der Waals surface area contributed by atoms with Gasteiger partial charge in [0.1, 0.15) is 35.4 Å². The number of esters is 1. The summed E-state index contributed by atoms with van der Waals surface area (Å²) in [5.74, 6) is 0.122. The molecule has 3 aromatic carbocycles. The second-order valence-corrected chi connectivity index (χ2v) is 15.1. The third-order valence-corrected chi connectivity index (χ3v) is 9.23. The molecule has 1 atom stereocenters. The van der Waals surface area contributed by atoms with E-state index in [1.54, 1.807) is 32.4 Å². The number of aromatic nitrogens is 3. The van der Waals surface area contributed by atoms with E-state index in [2.05, 4.69) is 10.5 Å². The number of benzene rings is 3. The van der Waals surface area contributed by atoms with Crippen LogP contribution >= 0.6 is 0 Å². The molecular formula is C41H46N5O6. The smallest absolute Gasteiger partial charge is 0.408 e. The van der Waals surface area contributed by atoms with Crippen LogP contribution in [0.4, 0.5) is 4.79 Å². The van der Waals surface area contributed by atoms with Gasteiger partial charge in [-0.15, -0.1) is 15.4 Å². The van der Waals surface area contributed by atoms with Gasteiger partial charge in [0.05, 0.1) is 23.4 Å². The first-order chi connectivity index (χ1) is 24.6. The molecule has 1 unspecified atom stereocenters. The van der Waals surface area contributed by atoms with Gasteiger partial charge in [-0.2, -0.15) is 0 Å². The molecule has 1 radical (unpaired) electrons. The van der Waals surface area contributed by atoms with Crippen LogP contribution in [0.5, 0.6) is 0 Å². The van der Waals surface area contributed by atoms with Crippen LogP contribution in [-0.4, -0.2) is 68.1 Å². The van der Waals surface area contributed by atoms with Crippen LogP contribution in [0, 0.1) is 0 Å². The van der Waals surface area contributed by atoms with Crippen LogP contribution in [0.2, 0.25) is 0 Å². The summed E-state index contributed by atoms with van der Waals surface area (Å²) >= 11 is 0. The average Bonchev–Trinajstić information content (AvgIpc) is 3.58. The highest BCUT2D eigenvalue weighted by Crippen LogP contribution is 2.43. The first kappa shape index (κ1) is 36.5. The molecular weight excluding hydrogens is 658 g/mol. The number of alkyl carbamates (subject to hydrolysis) is 1. The number of amides is 1. The van der Waals surface area contributed by atoms with Crippen molar-refractivity contribution in [3.05, 3.63) is 101 Å². The lowest BCUT2D eigenvalue weighted by molar-refractivity contribution is -0.239. The number of hydrogen-bond acceptors (Lipinski definition) is 8. The Balaban J connectivity index is 1.35. The SMILES string of the molecule is CCOC(=O)C(Cc1ccc(-n2nnc3c2-c2ccccc2/C(OCC2=CC(C)(C)N([O])C2(C)C)=C\c2ccccc2-3)cc1)NC(=O)OC(C)(C)C. The molecule has 2 aliphatic rings. The zero-order valence-electron chi connectivity index (χ0n) is 31.0. The van der Waals surface area contributed by atoms with E-state index in [9.17, 15) is 14.8 Å². The molecule has 0 saturated heterocycles. The van der Waals surface area contributed by atoms with Gasteiger partial charge >= 0.3 is 12.1 Å². The van der Waals surface area contributed by atoms with Crippen molar-refractivity contribution in [2.24, 2.45) is 0 Å². The minimum absolute atomic E-state index is 0.182.